The number of ether oxygens (including phenoxy) is 1. The van der Waals surface area contributed by atoms with Crippen molar-refractivity contribution in [1.29, 1.82) is 0 Å². The van der Waals surface area contributed by atoms with Crippen molar-refractivity contribution in [2.45, 2.75) is 19.8 Å². The summed E-state index contributed by atoms with van der Waals surface area (Å²) in [6, 6.07) is 20.1. The van der Waals surface area contributed by atoms with Gasteiger partial charge in [0.05, 0.1) is 5.02 Å². The Kier molecular flexibility index (Phi) is 4.71. The molecule has 0 fully saturated rings. The smallest absolute Gasteiger partial charge is 0.137 e. The van der Waals surface area contributed by atoms with Crippen LogP contribution in [0.3, 0.4) is 0 Å². The molecule has 0 spiro atoms. The summed E-state index contributed by atoms with van der Waals surface area (Å²) in [7, 11) is 0. The highest BCUT2D eigenvalue weighted by Crippen LogP contribution is 2.50. The van der Waals surface area contributed by atoms with Gasteiger partial charge in [-0.2, -0.15) is 0 Å². The topological polar surface area (TPSA) is 32.7 Å². The Labute approximate surface area is 164 Å². The van der Waals surface area contributed by atoms with Gasteiger partial charge in [0.25, 0.3) is 0 Å². The lowest BCUT2D eigenvalue weighted by molar-refractivity contribution is 0.437. The second-order valence-corrected chi connectivity index (χ2v) is 7.09. The Hall–Kier alpha value is -2.65. The molecule has 1 atom stereocenters. The van der Waals surface area contributed by atoms with E-state index in [1.165, 1.54) is 5.56 Å². The van der Waals surface area contributed by atoms with Gasteiger partial charge in [0.1, 0.15) is 17.2 Å². The number of fused-ring (bicyclic) bond motifs is 2. The SMILES string of the molecule is CCN(CC)c1ccc2c(c1)Oc1cc(O)c(Cl)cc1C2c1ccccc1. The summed E-state index contributed by atoms with van der Waals surface area (Å²) in [5.41, 5.74) is 4.37. The summed E-state index contributed by atoms with van der Waals surface area (Å²) >= 11 is 6.22. The Morgan fingerprint density at radius 2 is 1.63 bits per heavy atom. The lowest BCUT2D eigenvalue weighted by Gasteiger charge is -2.31. The van der Waals surface area contributed by atoms with Crippen molar-refractivity contribution in [3.63, 3.8) is 0 Å². The highest BCUT2D eigenvalue weighted by atomic mass is 35.5. The lowest BCUT2D eigenvalue weighted by Crippen LogP contribution is -2.22. The van der Waals surface area contributed by atoms with Gasteiger partial charge in [-0.3, -0.25) is 0 Å². The lowest BCUT2D eigenvalue weighted by atomic mass is 9.82. The maximum absolute atomic E-state index is 10.1. The summed E-state index contributed by atoms with van der Waals surface area (Å²) in [5.74, 6) is 1.51. The van der Waals surface area contributed by atoms with Gasteiger partial charge in [-0.25, -0.2) is 0 Å². The minimum atomic E-state index is 0.00815. The number of aromatic hydroxyl groups is 1. The summed E-state index contributed by atoms with van der Waals surface area (Å²) in [5, 5.41) is 10.4. The predicted octanol–water partition coefficient (Wildman–Crippen LogP) is 6.18. The van der Waals surface area contributed by atoms with Crippen LogP contribution in [0.15, 0.2) is 60.7 Å². The molecule has 138 valence electrons. The number of hydrogen-bond acceptors (Lipinski definition) is 3. The van der Waals surface area contributed by atoms with Crippen LogP contribution < -0.4 is 9.64 Å². The predicted molar refractivity (Wildman–Crippen MR) is 111 cm³/mol. The van der Waals surface area contributed by atoms with E-state index in [9.17, 15) is 5.11 Å². The molecule has 0 saturated carbocycles. The summed E-state index contributed by atoms with van der Waals surface area (Å²) in [6.45, 7) is 6.16. The van der Waals surface area contributed by atoms with Crippen molar-refractivity contribution in [3.05, 3.63) is 82.4 Å². The van der Waals surface area contributed by atoms with Crippen LogP contribution in [0.25, 0.3) is 0 Å². The van der Waals surface area contributed by atoms with Crippen LogP contribution in [0, 0.1) is 0 Å². The van der Waals surface area contributed by atoms with E-state index in [2.05, 4.69) is 49.1 Å². The average Bonchev–Trinajstić information content (AvgIpc) is 2.69. The van der Waals surface area contributed by atoms with Gasteiger partial charge in [0.2, 0.25) is 0 Å². The molecule has 4 heteroatoms. The van der Waals surface area contributed by atoms with E-state index >= 15 is 0 Å². The summed E-state index contributed by atoms with van der Waals surface area (Å²) in [6.07, 6.45) is 0. The molecule has 3 aromatic rings. The van der Waals surface area contributed by atoms with E-state index in [-0.39, 0.29) is 11.7 Å². The molecule has 0 aromatic heterocycles. The Balaban J connectivity index is 1.90. The third kappa shape index (κ3) is 3.13. The van der Waals surface area contributed by atoms with Crippen molar-refractivity contribution in [2.75, 3.05) is 18.0 Å². The van der Waals surface area contributed by atoms with Gasteiger partial charge in [-0.1, -0.05) is 48.0 Å². The highest BCUT2D eigenvalue weighted by Gasteiger charge is 2.30. The average molecular weight is 380 g/mol. The zero-order valence-corrected chi connectivity index (χ0v) is 16.2. The van der Waals surface area contributed by atoms with E-state index < -0.39 is 0 Å². The zero-order valence-electron chi connectivity index (χ0n) is 15.4. The number of halogens is 1. The van der Waals surface area contributed by atoms with E-state index in [4.69, 9.17) is 16.3 Å². The first kappa shape index (κ1) is 17.7. The fraction of sp³-hybridized carbons (Fsp3) is 0.217. The molecule has 3 nitrogen and oxygen atoms in total. The van der Waals surface area contributed by atoms with Gasteiger partial charge in [0, 0.05) is 48.0 Å². The van der Waals surface area contributed by atoms with Crippen molar-refractivity contribution in [2.24, 2.45) is 0 Å². The summed E-state index contributed by atoms with van der Waals surface area (Å²) < 4.78 is 6.20. The largest absolute Gasteiger partial charge is 0.506 e. The number of hydrogen-bond donors (Lipinski definition) is 1. The molecular formula is C23H22ClNO2. The fourth-order valence-corrected chi connectivity index (χ4v) is 3.97. The van der Waals surface area contributed by atoms with Crippen LogP contribution in [0.5, 0.6) is 17.2 Å². The van der Waals surface area contributed by atoms with E-state index in [0.29, 0.717) is 10.8 Å². The van der Waals surface area contributed by atoms with Gasteiger partial charge in [-0.15, -0.1) is 0 Å². The normalized spacial score (nSPS) is 14.9. The number of nitrogens with zero attached hydrogens (tertiary/aromatic N) is 1. The van der Waals surface area contributed by atoms with E-state index in [1.807, 2.05) is 24.3 Å². The number of anilines is 1. The van der Waals surface area contributed by atoms with E-state index in [0.717, 1.165) is 35.7 Å². The maximum Gasteiger partial charge on any atom is 0.137 e. The van der Waals surface area contributed by atoms with Crippen LogP contribution in [-0.2, 0) is 0 Å². The van der Waals surface area contributed by atoms with Crippen LogP contribution in [0.1, 0.15) is 36.5 Å². The van der Waals surface area contributed by atoms with Gasteiger partial charge < -0.3 is 14.7 Å². The van der Waals surface area contributed by atoms with Crippen molar-refractivity contribution < 1.29 is 9.84 Å². The molecule has 0 bridgehead atoms. The molecule has 0 aliphatic carbocycles. The quantitative estimate of drug-likeness (QED) is 0.459. The molecular weight excluding hydrogens is 358 g/mol. The monoisotopic (exact) mass is 379 g/mol. The Bertz CT molecular complexity index is 968. The van der Waals surface area contributed by atoms with Crippen molar-refractivity contribution in [3.8, 4) is 17.2 Å². The van der Waals surface area contributed by atoms with Crippen LogP contribution in [0.4, 0.5) is 5.69 Å². The second-order valence-electron chi connectivity index (χ2n) is 6.68. The minimum Gasteiger partial charge on any atom is -0.506 e. The van der Waals surface area contributed by atoms with Crippen LogP contribution in [0.2, 0.25) is 5.02 Å². The first-order valence-electron chi connectivity index (χ1n) is 9.26. The summed E-state index contributed by atoms with van der Waals surface area (Å²) in [4.78, 5) is 2.29. The Morgan fingerprint density at radius 3 is 2.33 bits per heavy atom. The fourth-order valence-electron chi connectivity index (χ4n) is 3.80. The third-order valence-electron chi connectivity index (χ3n) is 5.18. The molecule has 1 unspecified atom stereocenters. The van der Waals surface area contributed by atoms with E-state index in [1.54, 1.807) is 6.07 Å². The van der Waals surface area contributed by atoms with Crippen molar-refractivity contribution >= 4 is 17.3 Å². The van der Waals surface area contributed by atoms with Gasteiger partial charge in [0.15, 0.2) is 0 Å². The highest BCUT2D eigenvalue weighted by molar-refractivity contribution is 6.32. The van der Waals surface area contributed by atoms with Gasteiger partial charge >= 0.3 is 0 Å². The minimum absolute atomic E-state index is 0.00815. The number of rotatable bonds is 4. The molecule has 1 aliphatic heterocycles. The molecule has 0 saturated heterocycles. The van der Waals surface area contributed by atoms with Gasteiger partial charge in [-0.05, 0) is 31.5 Å². The van der Waals surface area contributed by atoms with Crippen LogP contribution >= 0.6 is 11.6 Å². The number of phenols is 1. The molecule has 0 amide bonds. The third-order valence-corrected chi connectivity index (χ3v) is 5.48. The molecule has 1 aliphatic rings. The molecule has 4 rings (SSSR count). The first-order chi connectivity index (χ1) is 13.1. The maximum atomic E-state index is 10.1. The number of benzene rings is 3. The Morgan fingerprint density at radius 1 is 0.926 bits per heavy atom. The standard InChI is InChI=1S/C23H22ClNO2/c1-3-25(4-2)16-10-11-17-21(12-16)27-22-14-20(26)19(24)13-18(22)23(17)15-8-6-5-7-9-15/h5-14,23,26H,3-4H2,1-2H3. The van der Waals surface area contributed by atoms with Crippen LogP contribution in [-0.4, -0.2) is 18.2 Å². The number of phenolic OH excluding ortho intramolecular Hbond substituents is 1. The first-order valence-corrected chi connectivity index (χ1v) is 9.64. The second kappa shape index (κ2) is 7.16. The molecule has 3 aromatic carbocycles. The molecule has 27 heavy (non-hydrogen) atoms. The van der Waals surface area contributed by atoms with Crippen molar-refractivity contribution in [1.82, 2.24) is 0 Å². The molecule has 1 N–H and O–H groups in total. The molecule has 0 radical (unpaired) electrons. The molecule has 1 heterocycles. The zero-order chi connectivity index (χ0) is 19.0.